The molecule has 2 N–H and O–H groups in total. The van der Waals surface area contributed by atoms with E-state index in [0.29, 0.717) is 12.8 Å². The maximum Gasteiger partial charge on any atom is 0.263 e. The Bertz CT molecular complexity index is 612. The van der Waals surface area contributed by atoms with Gasteiger partial charge in [0.15, 0.2) is 0 Å². The number of hydrogen-bond donors (Lipinski definition) is 1. The number of hydrogen-bond acceptors (Lipinski definition) is 4. The van der Waals surface area contributed by atoms with Crippen LogP contribution in [0.25, 0.3) is 0 Å². The van der Waals surface area contributed by atoms with Gasteiger partial charge in [-0.1, -0.05) is 12.2 Å². The minimum atomic E-state index is -0.623. The van der Waals surface area contributed by atoms with Gasteiger partial charge in [0.05, 0.1) is 5.69 Å². The Morgan fingerprint density at radius 3 is 2.45 bits per heavy atom. The van der Waals surface area contributed by atoms with Crippen molar-refractivity contribution in [1.82, 2.24) is 0 Å². The number of anilines is 1. The van der Waals surface area contributed by atoms with Crippen LogP contribution in [0.5, 0.6) is 0 Å². The van der Waals surface area contributed by atoms with Crippen molar-refractivity contribution in [3.63, 3.8) is 0 Å². The lowest BCUT2D eigenvalue weighted by molar-refractivity contribution is -0.146. The highest BCUT2D eigenvalue weighted by molar-refractivity contribution is 7.80. The number of fused-ring (bicyclic) bond motifs is 2. The Morgan fingerprint density at radius 1 is 1.30 bits per heavy atom. The molecule has 0 radical (unpaired) electrons. The van der Waals surface area contributed by atoms with Gasteiger partial charge in [0.25, 0.3) is 11.8 Å². The van der Waals surface area contributed by atoms with Gasteiger partial charge in [0.1, 0.15) is 23.0 Å². The quantitative estimate of drug-likeness (QED) is 0.647. The van der Waals surface area contributed by atoms with Gasteiger partial charge < -0.3 is 10.5 Å². The number of morpholine rings is 1. The molecule has 1 aromatic carbocycles. The van der Waals surface area contributed by atoms with Crippen molar-refractivity contribution in [2.75, 3.05) is 4.90 Å². The normalized spacial score (nSPS) is 25.1. The number of carbonyl (C=O) groups excluding carboxylic acids is 2. The van der Waals surface area contributed by atoms with Crippen molar-refractivity contribution in [2.45, 2.75) is 25.0 Å². The first-order valence-corrected chi connectivity index (χ1v) is 6.52. The van der Waals surface area contributed by atoms with E-state index in [2.05, 4.69) is 0 Å². The van der Waals surface area contributed by atoms with Crippen molar-refractivity contribution in [1.29, 1.82) is 0 Å². The molecule has 2 aliphatic heterocycles. The number of benzene rings is 1. The van der Waals surface area contributed by atoms with E-state index in [4.69, 9.17) is 22.7 Å². The van der Waals surface area contributed by atoms with Gasteiger partial charge in [-0.25, -0.2) is 9.29 Å². The van der Waals surface area contributed by atoms with Crippen LogP contribution in [0, 0.1) is 5.82 Å². The van der Waals surface area contributed by atoms with Crippen molar-refractivity contribution in [3.8, 4) is 0 Å². The molecule has 7 heteroatoms. The number of nitrogens with zero attached hydrogens (tertiary/aromatic N) is 1. The van der Waals surface area contributed by atoms with E-state index in [1.165, 1.54) is 6.07 Å². The third kappa shape index (κ3) is 1.90. The molecule has 3 rings (SSSR count). The van der Waals surface area contributed by atoms with Crippen molar-refractivity contribution in [3.05, 3.63) is 29.6 Å². The molecule has 0 spiro atoms. The third-order valence-electron chi connectivity index (χ3n) is 3.48. The molecule has 2 heterocycles. The van der Waals surface area contributed by atoms with Crippen LogP contribution in [0.1, 0.15) is 18.4 Å². The van der Waals surface area contributed by atoms with E-state index in [0.717, 1.165) is 17.0 Å². The molecule has 104 valence electrons. The third-order valence-corrected chi connectivity index (χ3v) is 3.70. The first kappa shape index (κ1) is 13.1. The van der Waals surface area contributed by atoms with Gasteiger partial charge in [-0.15, -0.1) is 0 Å². The fraction of sp³-hybridized carbons (Fsp3) is 0.308. The molecular weight excluding hydrogens is 283 g/mol. The van der Waals surface area contributed by atoms with E-state index < -0.39 is 29.8 Å². The van der Waals surface area contributed by atoms with Gasteiger partial charge in [-0.05, 0) is 31.0 Å². The second kappa shape index (κ2) is 4.60. The molecule has 2 bridgehead atoms. The van der Waals surface area contributed by atoms with E-state index in [-0.39, 0.29) is 16.2 Å². The second-order valence-electron chi connectivity index (χ2n) is 4.73. The van der Waals surface area contributed by atoms with Crippen LogP contribution in [0.2, 0.25) is 0 Å². The van der Waals surface area contributed by atoms with E-state index in [1.54, 1.807) is 0 Å². The molecule has 2 aliphatic rings. The summed E-state index contributed by atoms with van der Waals surface area (Å²) >= 11 is 4.86. The summed E-state index contributed by atoms with van der Waals surface area (Å²) in [6.07, 6.45) is -0.228. The van der Waals surface area contributed by atoms with Crippen molar-refractivity contribution >= 4 is 34.7 Å². The molecule has 5 nitrogen and oxygen atoms in total. The van der Waals surface area contributed by atoms with Crippen LogP contribution in [0.4, 0.5) is 10.1 Å². The molecule has 0 aliphatic carbocycles. The molecule has 20 heavy (non-hydrogen) atoms. The van der Waals surface area contributed by atoms with Crippen LogP contribution in [0.3, 0.4) is 0 Å². The molecule has 2 saturated heterocycles. The monoisotopic (exact) mass is 294 g/mol. The van der Waals surface area contributed by atoms with Crippen LogP contribution < -0.4 is 10.6 Å². The highest BCUT2D eigenvalue weighted by Crippen LogP contribution is 2.33. The number of rotatable bonds is 2. The van der Waals surface area contributed by atoms with Gasteiger partial charge in [0, 0.05) is 5.56 Å². The summed E-state index contributed by atoms with van der Waals surface area (Å²) in [4.78, 5) is 25.5. The van der Waals surface area contributed by atoms with Crippen LogP contribution in [-0.4, -0.2) is 29.0 Å². The summed E-state index contributed by atoms with van der Waals surface area (Å²) in [5.74, 6) is -1.44. The van der Waals surface area contributed by atoms with Crippen molar-refractivity contribution < 1.29 is 18.7 Å². The molecule has 2 amide bonds. The number of halogens is 1. The SMILES string of the molecule is NC(=S)c1cc(F)ccc1N1C(=O)C2CCC(O2)C1=O. The molecule has 2 fully saturated rings. The number of amides is 2. The maximum atomic E-state index is 13.3. The number of nitrogens with two attached hydrogens (primary N) is 1. The van der Waals surface area contributed by atoms with Crippen LogP contribution in [-0.2, 0) is 14.3 Å². The Morgan fingerprint density at radius 2 is 1.90 bits per heavy atom. The lowest BCUT2D eigenvalue weighted by Crippen LogP contribution is -2.52. The minimum absolute atomic E-state index is 0.0704. The summed E-state index contributed by atoms with van der Waals surface area (Å²) in [5.41, 5.74) is 5.94. The standard InChI is InChI=1S/C13H11FN2O3S/c14-6-1-2-8(7(5-6)11(15)20)16-12(17)9-3-4-10(19-9)13(16)18/h1-2,5,9-10H,3-4H2,(H2,15,20). The van der Waals surface area contributed by atoms with Crippen molar-refractivity contribution in [2.24, 2.45) is 5.73 Å². The number of ether oxygens (including phenoxy) is 1. The molecule has 2 atom stereocenters. The number of imide groups is 1. The topological polar surface area (TPSA) is 72.6 Å². The van der Waals surface area contributed by atoms with Gasteiger partial charge in [-0.2, -0.15) is 0 Å². The number of carbonyl (C=O) groups is 2. The predicted octanol–water partition coefficient (Wildman–Crippen LogP) is 0.881. The zero-order chi connectivity index (χ0) is 14.4. The first-order chi connectivity index (χ1) is 9.49. The number of thiocarbonyl (C=S) groups is 1. The highest BCUT2D eigenvalue weighted by Gasteiger charge is 2.47. The van der Waals surface area contributed by atoms with E-state index >= 15 is 0 Å². The van der Waals surface area contributed by atoms with Gasteiger partial charge in [0.2, 0.25) is 0 Å². The molecule has 2 unspecified atom stereocenters. The Balaban J connectivity index is 2.10. The lowest BCUT2D eigenvalue weighted by atomic mass is 10.1. The largest absolute Gasteiger partial charge is 0.389 e. The summed E-state index contributed by atoms with van der Waals surface area (Å²) in [6.45, 7) is 0. The van der Waals surface area contributed by atoms with Crippen LogP contribution in [0.15, 0.2) is 18.2 Å². The zero-order valence-corrected chi connectivity index (χ0v) is 11.2. The summed E-state index contributed by atoms with van der Waals surface area (Å²) in [5, 5.41) is 0. The fourth-order valence-corrected chi connectivity index (χ4v) is 2.70. The smallest absolute Gasteiger partial charge is 0.263 e. The Labute approximate surface area is 119 Å². The average molecular weight is 294 g/mol. The highest BCUT2D eigenvalue weighted by atomic mass is 32.1. The molecule has 1 aromatic rings. The van der Waals surface area contributed by atoms with Crippen LogP contribution >= 0.6 is 12.2 Å². The fourth-order valence-electron chi connectivity index (χ4n) is 2.54. The molecule has 0 aromatic heterocycles. The summed E-state index contributed by atoms with van der Waals surface area (Å²) < 4.78 is 18.6. The maximum absolute atomic E-state index is 13.3. The molecule has 0 saturated carbocycles. The zero-order valence-electron chi connectivity index (χ0n) is 10.3. The van der Waals surface area contributed by atoms with Gasteiger partial charge in [-0.3, -0.25) is 9.59 Å². The second-order valence-corrected chi connectivity index (χ2v) is 5.17. The first-order valence-electron chi connectivity index (χ1n) is 6.11. The van der Waals surface area contributed by atoms with E-state index in [1.807, 2.05) is 0 Å². The summed E-state index contributed by atoms with van der Waals surface area (Å²) in [7, 11) is 0. The Hall–Kier alpha value is -1.86. The summed E-state index contributed by atoms with van der Waals surface area (Å²) in [6, 6.07) is 3.62. The molecular formula is C13H11FN2O3S. The van der Waals surface area contributed by atoms with Gasteiger partial charge >= 0.3 is 0 Å². The Kier molecular flexibility index (Phi) is 3.02. The predicted molar refractivity (Wildman–Crippen MR) is 72.7 cm³/mol. The van der Waals surface area contributed by atoms with E-state index in [9.17, 15) is 14.0 Å². The minimum Gasteiger partial charge on any atom is -0.389 e. The lowest BCUT2D eigenvalue weighted by Gasteiger charge is -2.31. The average Bonchev–Trinajstić information content (AvgIpc) is 2.85.